The number of nitrogens with zero attached hydrogens (tertiary/aromatic N) is 3. The van der Waals surface area contributed by atoms with E-state index in [9.17, 15) is 4.79 Å². The Hall–Kier alpha value is -3.41. The zero-order valence-corrected chi connectivity index (χ0v) is 15.1. The smallest absolute Gasteiger partial charge is 0.272 e. The fourth-order valence-electron chi connectivity index (χ4n) is 3.20. The van der Waals surface area contributed by atoms with Gasteiger partial charge in [0.05, 0.1) is 7.11 Å². The molecule has 0 bridgehead atoms. The molecule has 6 heteroatoms. The van der Waals surface area contributed by atoms with Crippen molar-refractivity contribution >= 4 is 17.5 Å². The van der Waals surface area contributed by atoms with Crippen LogP contribution in [-0.4, -0.2) is 34.4 Å². The number of anilines is 2. The summed E-state index contributed by atoms with van der Waals surface area (Å²) in [6.07, 6.45) is 2.46. The van der Waals surface area contributed by atoms with Gasteiger partial charge >= 0.3 is 0 Å². The Bertz CT molecular complexity index is 974. The molecule has 4 rings (SSSR count). The van der Waals surface area contributed by atoms with Gasteiger partial charge in [-0.1, -0.05) is 30.3 Å². The lowest BCUT2D eigenvalue weighted by Gasteiger charge is -2.28. The zero-order chi connectivity index (χ0) is 18.6. The molecule has 136 valence electrons. The summed E-state index contributed by atoms with van der Waals surface area (Å²) in [5.41, 5.74) is 3.69. The monoisotopic (exact) mass is 360 g/mol. The van der Waals surface area contributed by atoms with Crippen LogP contribution in [0.25, 0.3) is 0 Å². The van der Waals surface area contributed by atoms with Gasteiger partial charge in [0.15, 0.2) is 0 Å². The van der Waals surface area contributed by atoms with Crippen LogP contribution in [0.5, 0.6) is 5.75 Å². The van der Waals surface area contributed by atoms with Crippen molar-refractivity contribution in [2.75, 3.05) is 19.0 Å². The van der Waals surface area contributed by atoms with Crippen molar-refractivity contribution in [2.24, 2.45) is 0 Å². The van der Waals surface area contributed by atoms with Crippen LogP contribution < -0.4 is 10.1 Å². The predicted molar refractivity (Wildman–Crippen MR) is 103 cm³/mol. The van der Waals surface area contributed by atoms with Crippen LogP contribution in [-0.2, 0) is 13.0 Å². The molecule has 0 saturated heterocycles. The van der Waals surface area contributed by atoms with Crippen LogP contribution in [0.2, 0.25) is 0 Å². The Balaban J connectivity index is 1.51. The van der Waals surface area contributed by atoms with Crippen molar-refractivity contribution in [3.63, 3.8) is 0 Å². The van der Waals surface area contributed by atoms with Gasteiger partial charge < -0.3 is 15.0 Å². The molecule has 2 aromatic carbocycles. The molecule has 0 aliphatic carbocycles. The molecule has 1 aromatic heterocycles. The molecule has 3 aromatic rings. The SMILES string of the molecule is COc1cccc(Nc2nccc(C(=O)N3CCc4ccccc4C3)n2)c1. The van der Waals surface area contributed by atoms with E-state index in [1.807, 2.05) is 41.3 Å². The van der Waals surface area contributed by atoms with E-state index >= 15 is 0 Å². The van der Waals surface area contributed by atoms with E-state index in [2.05, 4.69) is 27.4 Å². The number of aromatic nitrogens is 2. The van der Waals surface area contributed by atoms with Gasteiger partial charge in [-0.3, -0.25) is 4.79 Å². The van der Waals surface area contributed by atoms with Crippen LogP contribution in [0.1, 0.15) is 21.6 Å². The highest BCUT2D eigenvalue weighted by Crippen LogP contribution is 2.21. The van der Waals surface area contributed by atoms with E-state index in [0.29, 0.717) is 24.7 Å². The topological polar surface area (TPSA) is 67.3 Å². The number of carbonyl (C=O) groups is 1. The van der Waals surface area contributed by atoms with E-state index < -0.39 is 0 Å². The minimum atomic E-state index is -0.0828. The summed E-state index contributed by atoms with van der Waals surface area (Å²) in [5, 5.41) is 3.12. The third-order valence-electron chi connectivity index (χ3n) is 4.62. The lowest BCUT2D eigenvalue weighted by Crippen LogP contribution is -2.36. The quantitative estimate of drug-likeness (QED) is 0.772. The highest BCUT2D eigenvalue weighted by molar-refractivity contribution is 5.92. The molecule has 0 fully saturated rings. The summed E-state index contributed by atoms with van der Waals surface area (Å²) >= 11 is 0. The number of rotatable bonds is 4. The minimum absolute atomic E-state index is 0.0828. The van der Waals surface area contributed by atoms with Gasteiger partial charge in [-0.15, -0.1) is 0 Å². The molecule has 1 aliphatic rings. The van der Waals surface area contributed by atoms with E-state index in [1.165, 1.54) is 11.1 Å². The Kier molecular flexibility index (Phi) is 4.70. The molecule has 0 spiro atoms. The molecule has 0 unspecified atom stereocenters. The second kappa shape index (κ2) is 7.45. The maximum absolute atomic E-state index is 12.9. The normalized spacial score (nSPS) is 13.0. The van der Waals surface area contributed by atoms with Crippen LogP contribution >= 0.6 is 0 Å². The van der Waals surface area contributed by atoms with Crippen molar-refractivity contribution < 1.29 is 9.53 Å². The van der Waals surface area contributed by atoms with E-state index in [1.54, 1.807) is 19.4 Å². The van der Waals surface area contributed by atoms with Crippen molar-refractivity contribution in [2.45, 2.75) is 13.0 Å². The zero-order valence-electron chi connectivity index (χ0n) is 15.1. The number of carbonyl (C=O) groups excluding carboxylic acids is 1. The number of hydrogen-bond acceptors (Lipinski definition) is 5. The number of fused-ring (bicyclic) bond motifs is 1. The Morgan fingerprint density at radius 2 is 1.96 bits per heavy atom. The molecule has 1 N–H and O–H groups in total. The number of amides is 1. The van der Waals surface area contributed by atoms with Gasteiger partial charge in [0.1, 0.15) is 11.4 Å². The first-order valence-electron chi connectivity index (χ1n) is 8.83. The molecule has 1 aliphatic heterocycles. The highest BCUT2D eigenvalue weighted by Gasteiger charge is 2.22. The van der Waals surface area contributed by atoms with Crippen LogP contribution in [0.3, 0.4) is 0 Å². The summed E-state index contributed by atoms with van der Waals surface area (Å²) < 4.78 is 5.22. The summed E-state index contributed by atoms with van der Waals surface area (Å²) in [6.45, 7) is 1.30. The van der Waals surface area contributed by atoms with Gasteiger partial charge in [-0.2, -0.15) is 0 Å². The number of hydrogen-bond donors (Lipinski definition) is 1. The first-order valence-corrected chi connectivity index (χ1v) is 8.83. The van der Waals surface area contributed by atoms with E-state index in [4.69, 9.17) is 4.74 Å². The number of ether oxygens (including phenoxy) is 1. The molecule has 0 atom stereocenters. The highest BCUT2D eigenvalue weighted by atomic mass is 16.5. The number of methoxy groups -OCH3 is 1. The maximum atomic E-state index is 12.9. The van der Waals surface area contributed by atoms with Crippen LogP contribution in [0.15, 0.2) is 60.8 Å². The number of nitrogens with one attached hydrogen (secondary N) is 1. The Morgan fingerprint density at radius 1 is 1.11 bits per heavy atom. The first-order chi connectivity index (χ1) is 13.2. The molecule has 0 saturated carbocycles. The third-order valence-corrected chi connectivity index (χ3v) is 4.62. The van der Waals surface area contributed by atoms with E-state index in [-0.39, 0.29) is 5.91 Å². The standard InChI is InChI=1S/C21H20N4O2/c1-27-18-8-4-7-17(13-18)23-21-22-11-9-19(24-21)20(26)25-12-10-15-5-2-3-6-16(15)14-25/h2-9,11,13H,10,12,14H2,1H3,(H,22,23,24). The summed E-state index contributed by atoms with van der Waals surface area (Å²) in [5.74, 6) is 1.03. The number of benzene rings is 2. The van der Waals surface area contributed by atoms with Crippen LogP contribution in [0, 0.1) is 0 Å². The molecule has 6 nitrogen and oxygen atoms in total. The molecule has 27 heavy (non-hydrogen) atoms. The van der Waals surface area contributed by atoms with Crippen molar-refractivity contribution in [3.05, 3.63) is 77.6 Å². The fraction of sp³-hybridized carbons (Fsp3) is 0.190. The minimum Gasteiger partial charge on any atom is -0.497 e. The molecule has 0 radical (unpaired) electrons. The Labute approximate surface area is 157 Å². The van der Waals surface area contributed by atoms with Crippen molar-refractivity contribution in [3.8, 4) is 5.75 Å². The molecule has 2 heterocycles. The maximum Gasteiger partial charge on any atom is 0.272 e. The Morgan fingerprint density at radius 3 is 2.81 bits per heavy atom. The first kappa shape index (κ1) is 17.0. The second-order valence-electron chi connectivity index (χ2n) is 6.37. The average molecular weight is 360 g/mol. The third kappa shape index (κ3) is 3.74. The van der Waals surface area contributed by atoms with Gasteiger partial charge in [0.25, 0.3) is 5.91 Å². The lowest BCUT2D eigenvalue weighted by atomic mass is 10.00. The summed E-state index contributed by atoms with van der Waals surface area (Å²) in [6, 6.07) is 17.4. The van der Waals surface area contributed by atoms with Gasteiger partial charge in [0.2, 0.25) is 5.95 Å². The summed E-state index contributed by atoms with van der Waals surface area (Å²) in [7, 11) is 1.62. The molecule has 1 amide bonds. The molecular weight excluding hydrogens is 340 g/mol. The van der Waals surface area contributed by atoms with E-state index in [0.717, 1.165) is 17.9 Å². The van der Waals surface area contributed by atoms with Crippen molar-refractivity contribution in [1.82, 2.24) is 14.9 Å². The van der Waals surface area contributed by atoms with Gasteiger partial charge in [-0.25, -0.2) is 9.97 Å². The van der Waals surface area contributed by atoms with Crippen molar-refractivity contribution in [1.29, 1.82) is 0 Å². The summed E-state index contributed by atoms with van der Waals surface area (Å²) in [4.78, 5) is 23.4. The van der Waals surface area contributed by atoms with Gasteiger partial charge in [-0.05, 0) is 35.7 Å². The average Bonchev–Trinajstić information content (AvgIpc) is 2.73. The van der Waals surface area contributed by atoms with Gasteiger partial charge in [0, 0.05) is 31.0 Å². The predicted octanol–water partition coefficient (Wildman–Crippen LogP) is 3.43. The largest absolute Gasteiger partial charge is 0.497 e. The van der Waals surface area contributed by atoms with Crippen LogP contribution in [0.4, 0.5) is 11.6 Å². The second-order valence-corrected chi connectivity index (χ2v) is 6.37. The lowest BCUT2D eigenvalue weighted by molar-refractivity contribution is 0.0728. The molecular formula is C21H20N4O2. The fourth-order valence-corrected chi connectivity index (χ4v) is 3.20.